The molecule has 2 rings (SSSR count). The molecule has 1 heterocycles. The molecule has 0 saturated carbocycles. The van der Waals surface area contributed by atoms with Crippen molar-refractivity contribution in [1.29, 1.82) is 0 Å². The normalized spacial score (nSPS) is 21.6. The van der Waals surface area contributed by atoms with E-state index in [4.69, 9.17) is 5.73 Å². The topological polar surface area (TPSA) is 83.6 Å². The van der Waals surface area contributed by atoms with Gasteiger partial charge in [0.05, 0.1) is 6.54 Å². The number of rotatable bonds is 4. The first-order valence-electron chi connectivity index (χ1n) is 7.59. The standard InChI is InChI=1S/C16H19F3N2O3/c17-16(18,19)8-6-11-4-1-2-5-12(11)13(22)21-9-3-7-15(24,10-21)14(20)23/h1-2,4-5,24H,3,6-10H2,(H2,20,23)/t15-/m1/s1. The van der Waals surface area contributed by atoms with Crippen molar-refractivity contribution in [2.75, 3.05) is 13.1 Å². The molecule has 0 spiro atoms. The second-order valence-corrected chi connectivity index (χ2v) is 6.00. The van der Waals surface area contributed by atoms with Crippen LogP contribution in [0.5, 0.6) is 0 Å². The molecule has 5 nitrogen and oxygen atoms in total. The van der Waals surface area contributed by atoms with Crippen molar-refractivity contribution in [3.05, 3.63) is 35.4 Å². The number of hydrogen-bond acceptors (Lipinski definition) is 3. The number of β-amino-alcohol motifs (C(OH)–C–C–N with tert-alkyl or cyclic N) is 1. The second-order valence-electron chi connectivity index (χ2n) is 6.00. The zero-order valence-electron chi connectivity index (χ0n) is 13.0. The Morgan fingerprint density at radius 2 is 1.96 bits per heavy atom. The number of likely N-dealkylation sites (tertiary alicyclic amines) is 1. The lowest BCUT2D eigenvalue weighted by Crippen LogP contribution is -2.57. The Labute approximate surface area is 137 Å². The average Bonchev–Trinajstić information content (AvgIpc) is 2.52. The highest BCUT2D eigenvalue weighted by atomic mass is 19.4. The van der Waals surface area contributed by atoms with Gasteiger partial charge in [0.2, 0.25) is 0 Å². The van der Waals surface area contributed by atoms with E-state index < -0.39 is 30.0 Å². The molecule has 1 aromatic carbocycles. The highest BCUT2D eigenvalue weighted by Crippen LogP contribution is 2.26. The van der Waals surface area contributed by atoms with Crippen LogP contribution in [-0.2, 0) is 11.2 Å². The van der Waals surface area contributed by atoms with Crippen molar-refractivity contribution in [1.82, 2.24) is 4.90 Å². The molecule has 1 saturated heterocycles. The maximum atomic E-state index is 12.6. The summed E-state index contributed by atoms with van der Waals surface area (Å²) in [6.07, 6.45) is -5.10. The molecular weight excluding hydrogens is 325 g/mol. The van der Waals surface area contributed by atoms with Crippen molar-refractivity contribution in [3.8, 4) is 0 Å². The minimum atomic E-state index is -4.31. The van der Waals surface area contributed by atoms with E-state index in [0.717, 1.165) is 0 Å². The first kappa shape index (κ1) is 18.3. The maximum Gasteiger partial charge on any atom is 0.389 e. The molecule has 0 aliphatic carbocycles. The number of hydrogen-bond donors (Lipinski definition) is 2. The van der Waals surface area contributed by atoms with Crippen LogP contribution >= 0.6 is 0 Å². The first-order chi connectivity index (χ1) is 11.1. The Bertz CT molecular complexity index is 633. The lowest BCUT2D eigenvalue weighted by molar-refractivity contribution is -0.140. The van der Waals surface area contributed by atoms with Crippen molar-refractivity contribution in [2.45, 2.75) is 37.5 Å². The number of halogens is 3. The third-order valence-corrected chi connectivity index (χ3v) is 4.14. The van der Waals surface area contributed by atoms with Crippen LogP contribution < -0.4 is 5.73 Å². The maximum absolute atomic E-state index is 12.6. The quantitative estimate of drug-likeness (QED) is 0.871. The Kier molecular flexibility index (Phi) is 5.17. The number of primary amides is 1. The molecule has 1 aliphatic heterocycles. The van der Waals surface area contributed by atoms with E-state index in [1.165, 1.54) is 17.0 Å². The van der Waals surface area contributed by atoms with E-state index in [9.17, 15) is 27.9 Å². The highest BCUT2D eigenvalue weighted by Gasteiger charge is 2.40. The molecule has 1 fully saturated rings. The predicted octanol–water partition coefficient (Wildman–Crippen LogP) is 1.63. The van der Waals surface area contributed by atoms with Crippen LogP contribution in [0, 0.1) is 0 Å². The summed E-state index contributed by atoms with van der Waals surface area (Å²) in [5, 5.41) is 10.2. The average molecular weight is 344 g/mol. The minimum Gasteiger partial charge on any atom is -0.378 e. The lowest BCUT2D eigenvalue weighted by Gasteiger charge is -2.37. The smallest absolute Gasteiger partial charge is 0.378 e. The molecule has 1 atom stereocenters. The van der Waals surface area contributed by atoms with E-state index in [0.29, 0.717) is 13.0 Å². The summed E-state index contributed by atoms with van der Waals surface area (Å²) < 4.78 is 37.3. The van der Waals surface area contributed by atoms with Gasteiger partial charge in [-0.2, -0.15) is 13.2 Å². The number of nitrogens with zero attached hydrogens (tertiary/aromatic N) is 1. The molecule has 0 aromatic heterocycles. The van der Waals surface area contributed by atoms with Gasteiger partial charge < -0.3 is 15.7 Å². The van der Waals surface area contributed by atoms with E-state index in [-0.39, 0.29) is 30.5 Å². The molecular formula is C16H19F3N2O3. The fraction of sp³-hybridized carbons (Fsp3) is 0.500. The molecule has 0 bridgehead atoms. The SMILES string of the molecule is NC(=O)[C@@]1(O)CCCN(C(=O)c2ccccc2CCC(F)(F)F)C1. The lowest BCUT2D eigenvalue weighted by atomic mass is 9.91. The Morgan fingerprint density at radius 1 is 1.29 bits per heavy atom. The van der Waals surface area contributed by atoms with Gasteiger partial charge in [-0.05, 0) is 30.9 Å². The largest absolute Gasteiger partial charge is 0.389 e. The van der Waals surface area contributed by atoms with Crippen LogP contribution in [0.2, 0.25) is 0 Å². The van der Waals surface area contributed by atoms with Crippen LogP contribution in [-0.4, -0.2) is 46.7 Å². The highest BCUT2D eigenvalue weighted by molar-refractivity contribution is 5.96. The van der Waals surface area contributed by atoms with Crippen molar-refractivity contribution >= 4 is 11.8 Å². The molecule has 3 N–H and O–H groups in total. The number of alkyl halides is 3. The summed E-state index contributed by atoms with van der Waals surface area (Å²) in [6, 6.07) is 6.06. The number of carbonyl (C=O) groups is 2. The number of nitrogens with two attached hydrogens (primary N) is 1. The molecule has 1 aromatic rings. The van der Waals surface area contributed by atoms with E-state index >= 15 is 0 Å². The van der Waals surface area contributed by atoms with Gasteiger partial charge in [0, 0.05) is 18.5 Å². The number of benzene rings is 1. The summed E-state index contributed by atoms with van der Waals surface area (Å²) in [5.74, 6) is -1.42. The zero-order valence-corrected chi connectivity index (χ0v) is 13.0. The molecule has 132 valence electrons. The number of amides is 2. The van der Waals surface area contributed by atoms with Crippen LogP contribution in [0.15, 0.2) is 24.3 Å². The van der Waals surface area contributed by atoms with E-state index in [1.54, 1.807) is 12.1 Å². The van der Waals surface area contributed by atoms with Crippen LogP contribution in [0.3, 0.4) is 0 Å². The van der Waals surface area contributed by atoms with Gasteiger partial charge in [0.25, 0.3) is 11.8 Å². The third kappa shape index (κ3) is 4.25. The molecule has 0 radical (unpaired) electrons. The van der Waals surface area contributed by atoms with Gasteiger partial charge >= 0.3 is 6.18 Å². The summed E-state index contributed by atoms with van der Waals surface area (Å²) in [5.41, 5.74) is 3.81. The number of aliphatic hydroxyl groups is 1. The zero-order chi connectivity index (χ0) is 18.0. The Hall–Kier alpha value is -2.09. The summed E-state index contributed by atoms with van der Waals surface area (Å²) in [6.45, 7) is 0.0524. The number of carbonyl (C=O) groups excluding carboxylic acids is 2. The van der Waals surface area contributed by atoms with Gasteiger partial charge in [0.15, 0.2) is 5.60 Å². The summed E-state index contributed by atoms with van der Waals surface area (Å²) in [7, 11) is 0. The Balaban J connectivity index is 2.19. The van der Waals surface area contributed by atoms with Crippen LogP contribution in [0.1, 0.15) is 35.2 Å². The van der Waals surface area contributed by atoms with Gasteiger partial charge in [-0.1, -0.05) is 18.2 Å². The molecule has 1 aliphatic rings. The molecule has 24 heavy (non-hydrogen) atoms. The Morgan fingerprint density at radius 3 is 2.58 bits per heavy atom. The summed E-state index contributed by atoms with van der Waals surface area (Å²) in [4.78, 5) is 25.3. The number of aryl methyl sites for hydroxylation is 1. The van der Waals surface area contributed by atoms with Crippen LogP contribution in [0.25, 0.3) is 0 Å². The van der Waals surface area contributed by atoms with Gasteiger partial charge in [-0.3, -0.25) is 9.59 Å². The van der Waals surface area contributed by atoms with Gasteiger partial charge in [0.1, 0.15) is 0 Å². The third-order valence-electron chi connectivity index (χ3n) is 4.14. The van der Waals surface area contributed by atoms with Crippen molar-refractivity contribution in [3.63, 3.8) is 0 Å². The van der Waals surface area contributed by atoms with Crippen molar-refractivity contribution < 1.29 is 27.9 Å². The molecule has 2 amide bonds. The second kappa shape index (κ2) is 6.80. The molecule has 0 unspecified atom stereocenters. The monoisotopic (exact) mass is 344 g/mol. The fourth-order valence-corrected chi connectivity index (χ4v) is 2.80. The fourth-order valence-electron chi connectivity index (χ4n) is 2.80. The van der Waals surface area contributed by atoms with Gasteiger partial charge in [-0.15, -0.1) is 0 Å². The van der Waals surface area contributed by atoms with E-state index in [1.807, 2.05) is 0 Å². The van der Waals surface area contributed by atoms with Crippen molar-refractivity contribution in [2.24, 2.45) is 5.73 Å². The first-order valence-corrected chi connectivity index (χ1v) is 7.59. The summed E-state index contributed by atoms with van der Waals surface area (Å²) >= 11 is 0. The minimum absolute atomic E-state index is 0.149. The predicted molar refractivity (Wildman–Crippen MR) is 80.1 cm³/mol. The van der Waals surface area contributed by atoms with Crippen LogP contribution in [0.4, 0.5) is 13.2 Å². The van der Waals surface area contributed by atoms with Gasteiger partial charge in [-0.25, -0.2) is 0 Å². The van der Waals surface area contributed by atoms with E-state index in [2.05, 4.69) is 0 Å². The molecule has 8 heteroatoms. The number of piperidine rings is 1.